The number of benzene rings is 3. The van der Waals surface area contributed by atoms with E-state index in [0.29, 0.717) is 25.1 Å². The lowest BCUT2D eigenvalue weighted by molar-refractivity contribution is -0.128. The molecule has 3 N–H and O–H groups in total. The van der Waals surface area contributed by atoms with Crippen LogP contribution in [0.1, 0.15) is 24.5 Å². The van der Waals surface area contributed by atoms with Gasteiger partial charge in [0.05, 0.1) is 19.7 Å². The lowest BCUT2D eigenvalue weighted by Gasteiger charge is -2.28. The molecule has 0 unspecified atom stereocenters. The number of methoxy groups -OCH3 is 1. The summed E-state index contributed by atoms with van der Waals surface area (Å²) < 4.78 is 6.65. The molecule has 0 fully saturated rings. The standard InChI is InChI=1S/C25H26BrN3O3/c1-15(27)24(30)28-21-11-7-16-5-3-4-6-22(16)29(25(21)31)14-20-19-10-9-18(26)13-17(19)8-12-23(20)32-2/h3-6,8-10,12-13,15,21H,7,11,14,27H2,1-2H3,(H,28,30)/t15-,21-/m0/s1. The molecule has 0 bridgehead atoms. The number of aryl methyl sites for hydroxylation is 1. The number of rotatable bonds is 5. The zero-order chi connectivity index (χ0) is 22.8. The molecule has 2 atom stereocenters. The maximum absolute atomic E-state index is 13.7. The number of anilines is 1. The Labute approximate surface area is 195 Å². The van der Waals surface area contributed by atoms with Gasteiger partial charge in [-0.1, -0.05) is 46.3 Å². The van der Waals surface area contributed by atoms with Crippen molar-refractivity contribution in [3.63, 3.8) is 0 Å². The molecule has 0 radical (unpaired) electrons. The Balaban J connectivity index is 1.79. The number of nitrogens with zero attached hydrogens (tertiary/aromatic N) is 1. The van der Waals surface area contributed by atoms with E-state index in [1.54, 1.807) is 18.9 Å². The van der Waals surface area contributed by atoms with Crippen LogP contribution in [0.5, 0.6) is 5.75 Å². The fourth-order valence-electron chi connectivity index (χ4n) is 4.17. The molecule has 2 amide bonds. The summed E-state index contributed by atoms with van der Waals surface area (Å²) >= 11 is 3.53. The Morgan fingerprint density at radius 3 is 2.78 bits per heavy atom. The minimum absolute atomic E-state index is 0.153. The van der Waals surface area contributed by atoms with Gasteiger partial charge in [-0.3, -0.25) is 9.59 Å². The minimum Gasteiger partial charge on any atom is -0.496 e. The highest BCUT2D eigenvalue weighted by atomic mass is 79.9. The van der Waals surface area contributed by atoms with E-state index in [1.165, 1.54) is 0 Å². The maximum Gasteiger partial charge on any atom is 0.249 e. The van der Waals surface area contributed by atoms with Crippen molar-refractivity contribution in [3.8, 4) is 5.75 Å². The van der Waals surface area contributed by atoms with Crippen LogP contribution in [-0.4, -0.2) is 31.0 Å². The van der Waals surface area contributed by atoms with Gasteiger partial charge in [0.25, 0.3) is 0 Å². The maximum atomic E-state index is 13.7. The van der Waals surface area contributed by atoms with Crippen molar-refractivity contribution < 1.29 is 14.3 Å². The summed E-state index contributed by atoms with van der Waals surface area (Å²) in [5, 5.41) is 4.90. The molecule has 1 heterocycles. The zero-order valence-electron chi connectivity index (χ0n) is 18.1. The Bertz CT molecular complexity index is 1180. The zero-order valence-corrected chi connectivity index (χ0v) is 19.7. The van der Waals surface area contributed by atoms with Crippen LogP contribution in [0.2, 0.25) is 0 Å². The quantitative estimate of drug-likeness (QED) is 0.561. The highest BCUT2D eigenvalue weighted by Gasteiger charge is 2.32. The van der Waals surface area contributed by atoms with Gasteiger partial charge in [-0.25, -0.2) is 0 Å². The second-order valence-corrected chi connectivity index (χ2v) is 8.97. The average molecular weight is 496 g/mol. The summed E-state index contributed by atoms with van der Waals surface area (Å²) in [6.45, 7) is 1.94. The third-order valence-corrected chi connectivity index (χ3v) is 6.36. The van der Waals surface area contributed by atoms with E-state index >= 15 is 0 Å². The first-order valence-corrected chi connectivity index (χ1v) is 11.4. The molecular weight excluding hydrogens is 470 g/mol. The number of nitrogens with one attached hydrogen (secondary N) is 1. The lowest BCUT2D eigenvalue weighted by atomic mass is 10.0. The Hall–Kier alpha value is -2.90. The monoisotopic (exact) mass is 495 g/mol. The summed E-state index contributed by atoms with van der Waals surface area (Å²) in [7, 11) is 1.63. The predicted molar refractivity (Wildman–Crippen MR) is 130 cm³/mol. The summed E-state index contributed by atoms with van der Waals surface area (Å²) in [5.74, 6) is 0.229. The normalized spacial score (nSPS) is 16.9. The van der Waals surface area contributed by atoms with Crippen molar-refractivity contribution in [2.45, 2.75) is 38.4 Å². The van der Waals surface area contributed by atoms with E-state index < -0.39 is 12.1 Å². The first-order valence-electron chi connectivity index (χ1n) is 10.6. The molecule has 1 aliphatic rings. The highest BCUT2D eigenvalue weighted by molar-refractivity contribution is 9.10. The van der Waals surface area contributed by atoms with Gasteiger partial charge in [0.2, 0.25) is 11.8 Å². The van der Waals surface area contributed by atoms with E-state index in [2.05, 4.69) is 21.2 Å². The molecule has 6 nitrogen and oxygen atoms in total. The number of ether oxygens (including phenoxy) is 1. The number of carbonyl (C=O) groups excluding carboxylic acids is 2. The topological polar surface area (TPSA) is 84.7 Å². The number of halogens is 1. The number of nitrogens with two attached hydrogens (primary N) is 1. The van der Waals surface area contributed by atoms with Gasteiger partial charge in [0.1, 0.15) is 11.8 Å². The summed E-state index contributed by atoms with van der Waals surface area (Å²) in [6.07, 6.45) is 1.20. The van der Waals surface area contributed by atoms with Crippen LogP contribution in [0, 0.1) is 0 Å². The molecule has 3 aromatic carbocycles. The van der Waals surface area contributed by atoms with E-state index in [0.717, 1.165) is 32.1 Å². The van der Waals surface area contributed by atoms with Crippen molar-refractivity contribution >= 4 is 44.2 Å². The molecule has 32 heavy (non-hydrogen) atoms. The van der Waals surface area contributed by atoms with Crippen molar-refractivity contribution in [1.82, 2.24) is 5.32 Å². The van der Waals surface area contributed by atoms with Crippen molar-refractivity contribution in [1.29, 1.82) is 0 Å². The summed E-state index contributed by atoms with van der Waals surface area (Å²) in [4.78, 5) is 27.7. The van der Waals surface area contributed by atoms with E-state index in [4.69, 9.17) is 10.5 Å². The largest absolute Gasteiger partial charge is 0.496 e. The SMILES string of the molecule is COc1ccc2cc(Br)ccc2c1CN1C(=O)[C@@H](NC(=O)[C@H](C)N)CCc2ccccc21. The third-order valence-electron chi connectivity index (χ3n) is 5.87. The fraction of sp³-hybridized carbons (Fsp3) is 0.280. The molecule has 0 spiro atoms. The lowest BCUT2D eigenvalue weighted by Crippen LogP contribution is -2.51. The molecule has 166 valence electrons. The third kappa shape index (κ3) is 4.36. The van der Waals surface area contributed by atoms with E-state index in [-0.39, 0.29) is 11.8 Å². The predicted octanol–water partition coefficient (Wildman–Crippen LogP) is 3.92. The first kappa shape index (κ1) is 22.3. The number of fused-ring (bicyclic) bond motifs is 2. The molecule has 0 saturated heterocycles. The van der Waals surface area contributed by atoms with Gasteiger partial charge in [-0.2, -0.15) is 0 Å². The van der Waals surface area contributed by atoms with Gasteiger partial charge >= 0.3 is 0 Å². The smallest absolute Gasteiger partial charge is 0.249 e. The number of amides is 2. The highest BCUT2D eigenvalue weighted by Crippen LogP contribution is 2.34. The van der Waals surface area contributed by atoms with Crippen molar-refractivity contribution in [3.05, 3.63) is 70.2 Å². The average Bonchev–Trinajstić information content (AvgIpc) is 2.91. The number of carbonyl (C=O) groups is 2. The van der Waals surface area contributed by atoms with E-state index in [1.807, 2.05) is 54.6 Å². The summed E-state index contributed by atoms with van der Waals surface area (Å²) in [6, 6.07) is 16.5. The second-order valence-electron chi connectivity index (χ2n) is 8.05. The van der Waals surface area contributed by atoms with Crippen LogP contribution in [-0.2, 0) is 22.6 Å². The van der Waals surface area contributed by atoms with Crippen LogP contribution in [0.25, 0.3) is 10.8 Å². The molecule has 0 saturated carbocycles. The van der Waals surface area contributed by atoms with Crippen molar-refractivity contribution in [2.75, 3.05) is 12.0 Å². The first-order chi connectivity index (χ1) is 15.4. The molecule has 0 aromatic heterocycles. The van der Waals surface area contributed by atoms with Crippen LogP contribution >= 0.6 is 15.9 Å². The number of hydrogen-bond acceptors (Lipinski definition) is 4. The second kappa shape index (κ2) is 9.30. The van der Waals surface area contributed by atoms with Gasteiger partial charge < -0.3 is 20.7 Å². The molecule has 1 aliphatic heterocycles. The van der Waals surface area contributed by atoms with Crippen LogP contribution in [0.15, 0.2) is 59.1 Å². The Morgan fingerprint density at radius 2 is 2.03 bits per heavy atom. The Kier molecular flexibility index (Phi) is 6.48. The fourth-order valence-corrected chi connectivity index (χ4v) is 4.55. The Morgan fingerprint density at radius 1 is 1.25 bits per heavy atom. The molecule has 3 aromatic rings. The van der Waals surface area contributed by atoms with Crippen molar-refractivity contribution in [2.24, 2.45) is 5.73 Å². The minimum atomic E-state index is -0.682. The van der Waals surface area contributed by atoms with Gasteiger partial charge in [0.15, 0.2) is 0 Å². The molecule has 7 heteroatoms. The molecule has 4 rings (SSSR count). The van der Waals surface area contributed by atoms with Gasteiger partial charge in [-0.05, 0) is 60.4 Å². The van der Waals surface area contributed by atoms with Crippen LogP contribution in [0.4, 0.5) is 5.69 Å². The van der Waals surface area contributed by atoms with Crippen LogP contribution in [0.3, 0.4) is 0 Å². The van der Waals surface area contributed by atoms with Crippen LogP contribution < -0.4 is 20.7 Å². The molecular formula is C25H26BrN3O3. The molecule has 0 aliphatic carbocycles. The summed E-state index contributed by atoms with van der Waals surface area (Å²) in [5.41, 5.74) is 8.57. The van der Waals surface area contributed by atoms with Gasteiger partial charge in [0, 0.05) is 15.7 Å². The van der Waals surface area contributed by atoms with E-state index in [9.17, 15) is 9.59 Å². The number of hydrogen-bond donors (Lipinski definition) is 2. The number of para-hydroxylation sites is 1. The van der Waals surface area contributed by atoms with Gasteiger partial charge in [-0.15, -0.1) is 0 Å².